The highest BCUT2D eigenvalue weighted by atomic mass is 32.2. The largest absolute Gasteiger partial charge is 0.318 e. The van der Waals surface area contributed by atoms with Crippen LogP contribution in [0.5, 0.6) is 0 Å². The van der Waals surface area contributed by atoms with E-state index in [9.17, 15) is 8.42 Å². The second-order valence-corrected chi connectivity index (χ2v) is 6.64. The van der Waals surface area contributed by atoms with Gasteiger partial charge < -0.3 is 5.32 Å². The standard InChI is InChI=1S/C13H22N2O2S/c1-5-15(13-9-7-6-8-11(13)2)18(16,17)12(3)10-14-4/h6-9,12,14H,5,10H2,1-4H3. The minimum absolute atomic E-state index is 0.443. The third-order valence-electron chi connectivity index (χ3n) is 2.98. The van der Waals surface area contributed by atoms with Crippen molar-refractivity contribution in [3.8, 4) is 0 Å². The zero-order chi connectivity index (χ0) is 13.8. The van der Waals surface area contributed by atoms with Crippen molar-refractivity contribution in [1.82, 2.24) is 5.32 Å². The Kier molecular flexibility index (Phi) is 5.16. The Bertz CT molecular complexity index is 486. The molecule has 18 heavy (non-hydrogen) atoms. The number of hydrogen-bond acceptors (Lipinski definition) is 3. The molecule has 0 radical (unpaired) electrons. The second-order valence-electron chi connectivity index (χ2n) is 4.36. The van der Waals surface area contributed by atoms with Crippen molar-refractivity contribution in [3.63, 3.8) is 0 Å². The maximum atomic E-state index is 12.5. The van der Waals surface area contributed by atoms with Crippen molar-refractivity contribution in [2.45, 2.75) is 26.0 Å². The number of benzene rings is 1. The van der Waals surface area contributed by atoms with Gasteiger partial charge in [-0.15, -0.1) is 0 Å². The van der Waals surface area contributed by atoms with Crippen LogP contribution in [0.1, 0.15) is 19.4 Å². The molecule has 0 saturated heterocycles. The molecule has 0 heterocycles. The van der Waals surface area contributed by atoms with E-state index in [4.69, 9.17) is 0 Å². The minimum atomic E-state index is -3.32. The third kappa shape index (κ3) is 3.03. The van der Waals surface area contributed by atoms with E-state index in [0.717, 1.165) is 11.3 Å². The first-order valence-corrected chi connectivity index (χ1v) is 7.67. The van der Waals surface area contributed by atoms with Gasteiger partial charge in [-0.2, -0.15) is 0 Å². The summed E-state index contributed by atoms with van der Waals surface area (Å²) in [6.45, 7) is 6.41. The minimum Gasteiger partial charge on any atom is -0.318 e. The molecule has 1 aromatic rings. The van der Waals surface area contributed by atoms with Crippen molar-refractivity contribution in [2.24, 2.45) is 0 Å². The molecule has 0 aliphatic rings. The summed E-state index contributed by atoms with van der Waals surface area (Å²) in [7, 11) is -1.56. The number of sulfonamides is 1. The van der Waals surface area contributed by atoms with Crippen LogP contribution in [0.15, 0.2) is 24.3 Å². The SMILES string of the molecule is CCN(c1ccccc1C)S(=O)(=O)C(C)CNC. The molecule has 1 aromatic carbocycles. The Hall–Kier alpha value is -1.07. The predicted octanol–water partition coefficient (Wildman–Crippen LogP) is 1.76. The number of nitrogens with zero attached hydrogens (tertiary/aromatic N) is 1. The van der Waals surface area contributed by atoms with Gasteiger partial charge in [-0.1, -0.05) is 18.2 Å². The average Bonchev–Trinajstić information content (AvgIpc) is 2.32. The van der Waals surface area contributed by atoms with Gasteiger partial charge >= 0.3 is 0 Å². The van der Waals surface area contributed by atoms with Crippen molar-refractivity contribution in [2.75, 3.05) is 24.4 Å². The molecular weight excluding hydrogens is 248 g/mol. The molecule has 4 nitrogen and oxygen atoms in total. The van der Waals surface area contributed by atoms with Gasteiger partial charge in [0.15, 0.2) is 0 Å². The molecule has 0 aliphatic carbocycles. The number of aryl methyl sites for hydroxylation is 1. The van der Waals surface area contributed by atoms with E-state index in [1.165, 1.54) is 4.31 Å². The molecule has 102 valence electrons. The fourth-order valence-corrected chi connectivity index (χ4v) is 3.59. The van der Waals surface area contributed by atoms with Crippen LogP contribution in [0.3, 0.4) is 0 Å². The highest BCUT2D eigenvalue weighted by molar-refractivity contribution is 7.93. The lowest BCUT2D eigenvalue weighted by Crippen LogP contribution is -2.41. The summed E-state index contributed by atoms with van der Waals surface area (Å²) >= 11 is 0. The highest BCUT2D eigenvalue weighted by Crippen LogP contribution is 2.24. The summed E-state index contributed by atoms with van der Waals surface area (Å²) < 4.78 is 26.5. The van der Waals surface area contributed by atoms with Crippen LogP contribution in [0.25, 0.3) is 0 Å². The summed E-state index contributed by atoms with van der Waals surface area (Å²) in [5.74, 6) is 0. The molecule has 5 heteroatoms. The highest BCUT2D eigenvalue weighted by Gasteiger charge is 2.28. The van der Waals surface area contributed by atoms with E-state index in [0.29, 0.717) is 13.1 Å². The van der Waals surface area contributed by atoms with E-state index in [1.54, 1.807) is 14.0 Å². The smallest absolute Gasteiger partial charge is 0.239 e. The molecule has 0 aliphatic heterocycles. The molecule has 1 rings (SSSR count). The van der Waals surface area contributed by atoms with Crippen LogP contribution in [0.4, 0.5) is 5.69 Å². The van der Waals surface area contributed by atoms with Crippen LogP contribution >= 0.6 is 0 Å². The molecule has 1 unspecified atom stereocenters. The van der Waals surface area contributed by atoms with E-state index in [2.05, 4.69) is 5.32 Å². The summed E-state index contributed by atoms with van der Waals surface area (Å²) in [6.07, 6.45) is 0. The van der Waals surface area contributed by atoms with Gasteiger partial charge in [0, 0.05) is 13.1 Å². The molecule has 0 saturated carbocycles. The van der Waals surface area contributed by atoms with Crippen molar-refractivity contribution in [3.05, 3.63) is 29.8 Å². The molecule has 0 spiro atoms. The third-order valence-corrected chi connectivity index (χ3v) is 5.23. The van der Waals surface area contributed by atoms with Gasteiger partial charge in [0.1, 0.15) is 0 Å². The second kappa shape index (κ2) is 6.20. The van der Waals surface area contributed by atoms with Gasteiger partial charge in [0.25, 0.3) is 0 Å². The van der Waals surface area contributed by atoms with E-state index in [-0.39, 0.29) is 0 Å². The number of hydrogen-bond donors (Lipinski definition) is 1. The van der Waals surface area contributed by atoms with Crippen LogP contribution in [-0.4, -0.2) is 33.8 Å². The molecule has 0 amide bonds. The molecule has 0 bridgehead atoms. The lowest BCUT2D eigenvalue weighted by molar-refractivity contribution is 0.574. The Morgan fingerprint density at radius 1 is 1.33 bits per heavy atom. The van der Waals surface area contributed by atoms with Gasteiger partial charge in [-0.05, 0) is 39.4 Å². The van der Waals surface area contributed by atoms with E-state index >= 15 is 0 Å². The van der Waals surface area contributed by atoms with Crippen molar-refractivity contribution < 1.29 is 8.42 Å². The summed E-state index contributed by atoms with van der Waals surface area (Å²) in [5.41, 5.74) is 1.74. The predicted molar refractivity (Wildman–Crippen MR) is 76.5 cm³/mol. The molecule has 0 aromatic heterocycles. The van der Waals surface area contributed by atoms with Gasteiger partial charge in [0.2, 0.25) is 10.0 Å². The zero-order valence-electron chi connectivity index (χ0n) is 11.5. The maximum Gasteiger partial charge on any atom is 0.239 e. The topological polar surface area (TPSA) is 49.4 Å². The lowest BCUT2D eigenvalue weighted by atomic mass is 10.2. The molecule has 1 N–H and O–H groups in total. The number of anilines is 1. The van der Waals surface area contributed by atoms with Gasteiger partial charge in [0.05, 0.1) is 10.9 Å². The van der Waals surface area contributed by atoms with Crippen molar-refractivity contribution in [1.29, 1.82) is 0 Å². The summed E-state index contributed by atoms with van der Waals surface area (Å²) in [4.78, 5) is 0. The van der Waals surface area contributed by atoms with Crippen molar-refractivity contribution >= 4 is 15.7 Å². The Balaban J connectivity index is 3.15. The maximum absolute atomic E-state index is 12.5. The average molecular weight is 270 g/mol. The lowest BCUT2D eigenvalue weighted by Gasteiger charge is -2.27. The Labute approximate surface area is 110 Å². The first kappa shape index (κ1) is 15.0. The van der Waals surface area contributed by atoms with E-state index < -0.39 is 15.3 Å². The quantitative estimate of drug-likeness (QED) is 0.857. The number of nitrogens with one attached hydrogen (secondary N) is 1. The molecule has 1 atom stereocenters. The van der Waals surface area contributed by atoms with Crippen LogP contribution in [0, 0.1) is 6.92 Å². The fraction of sp³-hybridized carbons (Fsp3) is 0.538. The normalized spacial score (nSPS) is 13.3. The van der Waals surface area contributed by atoms with Crippen LogP contribution in [-0.2, 0) is 10.0 Å². The van der Waals surface area contributed by atoms with Gasteiger partial charge in [-0.3, -0.25) is 4.31 Å². The van der Waals surface area contributed by atoms with Crippen LogP contribution in [0.2, 0.25) is 0 Å². The van der Waals surface area contributed by atoms with Crippen LogP contribution < -0.4 is 9.62 Å². The summed E-state index contributed by atoms with van der Waals surface area (Å²) in [6, 6.07) is 7.55. The molecular formula is C13H22N2O2S. The Morgan fingerprint density at radius 2 is 1.94 bits per heavy atom. The first-order chi connectivity index (χ1) is 8.45. The number of rotatable bonds is 6. The van der Waals surface area contributed by atoms with Gasteiger partial charge in [-0.25, -0.2) is 8.42 Å². The van der Waals surface area contributed by atoms with E-state index in [1.807, 2.05) is 38.1 Å². The zero-order valence-corrected chi connectivity index (χ0v) is 12.3. The monoisotopic (exact) mass is 270 g/mol. The summed E-state index contributed by atoms with van der Waals surface area (Å²) in [5, 5.41) is 2.47. The fourth-order valence-electron chi connectivity index (χ4n) is 1.94. The first-order valence-electron chi connectivity index (χ1n) is 6.17. The Morgan fingerprint density at radius 3 is 2.44 bits per heavy atom. The molecule has 0 fully saturated rings. The number of para-hydroxylation sites is 1.